The number of alkyl halides is 3. The number of carboxylic acids is 1. The molecule has 0 bridgehead atoms. The highest BCUT2D eigenvalue weighted by atomic mass is 19.4. The van der Waals surface area contributed by atoms with Crippen LogP contribution in [0.15, 0.2) is 30.3 Å². The van der Waals surface area contributed by atoms with Gasteiger partial charge in [0.15, 0.2) is 0 Å². The Morgan fingerprint density at radius 2 is 1.70 bits per heavy atom. The quantitative estimate of drug-likeness (QED) is 0.755. The van der Waals surface area contributed by atoms with Gasteiger partial charge in [-0.1, -0.05) is 30.3 Å². The van der Waals surface area contributed by atoms with E-state index in [2.05, 4.69) is 0 Å². The summed E-state index contributed by atoms with van der Waals surface area (Å²) >= 11 is 0. The van der Waals surface area contributed by atoms with Crippen molar-refractivity contribution in [3.8, 4) is 0 Å². The molecule has 8 heteroatoms. The van der Waals surface area contributed by atoms with E-state index in [0.717, 1.165) is 5.56 Å². The van der Waals surface area contributed by atoms with Crippen LogP contribution in [0, 0.1) is 0 Å². The van der Waals surface area contributed by atoms with Crippen LogP contribution in [-0.4, -0.2) is 28.7 Å². The van der Waals surface area contributed by atoms with Crippen LogP contribution in [0.4, 0.5) is 13.2 Å². The first-order valence-corrected chi connectivity index (χ1v) is 5.53. The predicted octanol–water partition coefficient (Wildman–Crippen LogP) is 0.990. The van der Waals surface area contributed by atoms with Gasteiger partial charge in [-0.15, -0.1) is 0 Å². The molecule has 20 heavy (non-hydrogen) atoms. The fraction of sp³-hybridized carbons (Fsp3) is 0.333. The lowest BCUT2D eigenvalue weighted by atomic mass is 10.1. The lowest BCUT2D eigenvalue weighted by Gasteiger charge is -2.05. The smallest absolute Gasteiger partial charge is 0.475 e. The van der Waals surface area contributed by atoms with E-state index in [1.54, 1.807) is 0 Å². The maximum atomic E-state index is 11.0. The number of rotatable bonds is 2. The van der Waals surface area contributed by atoms with Gasteiger partial charge in [0.05, 0.1) is 0 Å². The third-order valence-corrected chi connectivity index (χ3v) is 2.91. The minimum atomic E-state index is -5.08. The fourth-order valence-electron chi connectivity index (χ4n) is 1.65. The molecule has 0 aliphatic heterocycles. The molecule has 0 saturated heterocycles. The third kappa shape index (κ3) is 3.70. The second kappa shape index (κ2) is 5.49. The summed E-state index contributed by atoms with van der Waals surface area (Å²) in [6.45, 7) is 0. The fourth-order valence-corrected chi connectivity index (χ4v) is 1.65. The number of primary amides is 1. The van der Waals surface area contributed by atoms with Crippen LogP contribution in [-0.2, 0) is 9.59 Å². The average Bonchev–Trinajstić information content (AvgIpc) is 3.04. The zero-order valence-electron chi connectivity index (χ0n) is 10.2. The number of carbonyl (C=O) groups excluding carboxylic acids is 1. The van der Waals surface area contributed by atoms with Crippen molar-refractivity contribution in [1.82, 2.24) is 0 Å². The number of hydrogen-bond acceptors (Lipinski definition) is 3. The number of carboxylic acid groups (broad SMARTS) is 1. The van der Waals surface area contributed by atoms with Gasteiger partial charge in [-0.2, -0.15) is 13.2 Å². The third-order valence-electron chi connectivity index (χ3n) is 2.91. The Kier molecular flexibility index (Phi) is 4.39. The van der Waals surface area contributed by atoms with E-state index in [-0.39, 0.29) is 5.92 Å². The van der Waals surface area contributed by atoms with Crippen LogP contribution >= 0.6 is 0 Å². The Bertz CT molecular complexity index is 504. The highest BCUT2D eigenvalue weighted by molar-refractivity contribution is 5.89. The summed E-state index contributed by atoms with van der Waals surface area (Å²) in [4.78, 5) is 19.9. The number of halogens is 3. The molecule has 0 spiro atoms. The molecule has 2 rings (SSSR count). The Hall–Kier alpha value is -2.09. The molecule has 1 fully saturated rings. The van der Waals surface area contributed by atoms with Gasteiger partial charge in [0.1, 0.15) is 5.54 Å². The molecule has 1 aliphatic rings. The number of aliphatic carboxylic acids is 1. The van der Waals surface area contributed by atoms with E-state index in [0.29, 0.717) is 6.42 Å². The van der Waals surface area contributed by atoms with E-state index in [1.807, 2.05) is 30.3 Å². The highest BCUT2D eigenvalue weighted by Crippen LogP contribution is 2.48. The summed E-state index contributed by atoms with van der Waals surface area (Å²) in [5.41, 5.74) is 11.3. The first-order valence-electron chi connectivity index (χ1n) is 5.53. The number of carbonyl (C=O) groups is 2. The molecule has 0 aromatic heterocycles. The van der Waals surface area contributed by atoms with E-state index in [1.165, 1.54) is 0 Å². The average molecular weight is 290 g/mol. The predicted molar refractivity (Wildman–Crippen MR) is 63.6 cm³/mol. The number of hydrogen-bond donors (Lipinski definition) is 3. The lowest BCUT2D eigenvalue weighted by Crippen LogP contribution is -2.40. The molecular formula is C12H13F3N2O3. The first-order chi connectivity index (χ1) is 9.09. The molecule has 2 atom stereocenters. The number of amides is 1. The monoisotopic (exact) mass is 290 g/mol. The van der Waals surface area contributed by atoms with Gasteiger partial charge in [0, 0.05) is 5.92 Å². The molecule has 5 N–H and O–H groups in total. The van der Waals surface area contributed by atoms with Gasteiger partial charge in [0.2, 0.25) is 5.91 Å². The number of benzene rings is 1. The van der Waals surface area contributed by atoms with E-state index in [9.17, 15) is 18.0 Å². The highest BCUT2D eigenvalue weighted by Gasteiger charge is 2.56. The second-order valence-corrected chi connectivity index (χ2v) is 4.37. The largest absolute Gasteiger partial charge is 0.490 e. The van der Waals surface area contributed by atoms with Gasteiger partial charge < -0.3 is 16.6 Å². The molecule has 1 aliphatic carbocycles. The topological polar surface area (TPSA) is 106 Å². The van der Waals surface area contributed by atoms with Crippen molar-refractivity contribution >= 4 is 11.9 Å². The maximum Gasteiger partial charge on any atom is 0.490 e. The van der Waals surface area contributed by atoms with Crippen LogP contribution < -0.4 is 11.5 Å². The Morgan fingerprint density at radius 1 is 1.25 bits per heavy atom. The van der Waals surface area contributed by atoms with Gasteiger partial charge in [-0.3, -0.25) is 4.79 Å². The minimum Gasteiger partial charge on any atom is -0.475 e. The molecule has 1 aromatic rings. The molecule has 0 unspecified atom stereocenters. The zero-order chi connectivity index (χ0) is 15.6. The van der Waals surface area contributed by atoms with Crippen LogP contribution in [0.3, 0.4) is 0 Å². The summed E-state index contributed by atoms with van der Waals surface area (Å²) < 4.78 is 31.7. The van der Waals surface area contributed by atoms with Crippen molar-refractivity contribution in [3.63, 3.8) is 0 Å². The summed E-state index contributed by atoms with van der Waals surface area (Å²) in [6.07, 6.45) is -4.41. The van der Waals surface area contributed by atoms with Crippen molar-refractivity contribution in [2.24, 2.45) is 11.5 Å². The van der Waals surface area contributed by atoms with Crippen LogP contribution in [0.25, 0.3) is 0 Å². The molecule has 5 nitrogen and oxygen atoms in total. The molecule has 0 radical (unpaired) electrons. The first kappa shape index (κ1) is 16.0. The Balaban J connectivity index is 0.000000246. The minimum absolute atomic E-state index is 0.117. The lowest BCUT2D eigenvalue weighted by molar-refractivity contribution is -0.192. The summed E-state index contributed by atoms with van der Waals surface area (Å²) in [5.74, 6) is -3.04. The summed E-state index contributed by atoms with van der Waals surface area (Å²) in [7, 11) is 0. The van der Waals surface area contributed by atoms with Crippen LogP contribution in [0.1, 0.15) is 17.9 Å². The summed E-state index contributed by atoms with van der Waals surface area (Å²) in [5, 5.41) is 7.12. The van der Waals surface area contributed by atoms with Crippen molar-refractivity contribution in [1.29, 1.82) is 0 Å². The van der Waals surface area contributed by atoms with Crippen LogP contribution in [0.5, 0.6) is 0 Å². The molecule has 110 valence electrons. The number of nitrogens with two attached hydrogens (primary N) is 2. The molecule has 1 aromatic carbocycles. The molecule has 1 amide bonds. The van der Waals surface area contributed by atoms with Gasteiger partial charge in [0.25, 0.3) is 0 Å². The van der Waals surface area contributed by atoms with Crippen molar-refractivity contribution in [2.45, 2.75) is 24.1 Å². The second-order valence-electron chi connectivity index (χ2n) is 4.37. The molecule has 0 heterocycles. The van der Waals surface area contributed by atoms with Crippen molar-refractivity contribution in [2.75, 3.05) is 0 Å². The van der Waals surface area contributed by atoms with Gasteiger partial charge in [-0.05, 0) is 12.0 Å². The van der Waals surface area contributed by atoms with E-state index >= 15 is 0 Å². The molecule has 1 saturated carbocycles. The SMILES string of the molecule is NC(=O)[C@]1(N)C[C@@H]1c1ccccc1.O=C(O)C(F)(F)F. The van der Waals surface area contributed by atoms with Crippen molar-refractivity contribution < 1.29 is 27.9 Å². The normalized spacial score (nSPS) is 24.3. The van der Waals surface area contributed by atoms with Gasteiger partial charge in [-0.25, -0.2) is 4.79 Å². The van der Waals surface area contributed by atoms with Crippen molar-refractivity contribution in [3.05, 3.63) is 35.9 Å². The van der Waals surface area contributed by atoms with E-state index < -0.39 is 23.6 Å². The Labute approximate surface area is 112 Å². The van der Waals surface area contributed by atoms with Crippen LogP contribution in [0.2, 0.25) is 0 Å². The maximum absolute atomic E-state index is 11.0. The standard InChI is InChI=1S/C10H12N2O.C2HF3O2/c11-9(13)10(12)6-8(10)7-4-2-1-3-5-7;3-2(4,5)1(6)7/h1-5,8H,6,12H2,(H2,11,13);(H,6,7)/t8-,10+;/m1./s1. The van der Waals surface area contributed by atoms with E-state index in [4.69, 9.17) is 21.4 Å². The van der Waals surface area contributed by atoms with Gasteiger partial charge >= 0.3 is 12.1 Å². The zero-order valence-corrected chi connectivity index (χ0v) is 10.2. The Morgan fingerprint density at radius 3 is 2.00 bits per heavy atom. The summed E-state index contributed by atoms with van der Waals surface area (Å²) in [6, 6.07) is 9.77. The molecular weight excluding hydrogens is 277 g/mol.